The van der Waals surface area contributed by atoms with Gasteiger partial charge in [-0.1, -0.05) is 29.8 Å². The number of carbonyl (C=O) groups excluding carboxylic acids is 3. The molecule has 3 heterocycles. The van der Waals surface area contributed by atoms with Gasteiger partial charge in [0, 0.05) is 55.3 Å². The van der Waals surface area contributed by atoms with Crippen LogP contribution < -0.4 is 14.8 Å². The summed E-state index contributed by atoms with van der Waals surface area (Å²) >= 11 is 6.23. The Bertz CT molecular complexity index is 1120. The van der Waals surface area contributed by atoms with Crippen molar-refractivity contribution < 1.29 is 23.9 Å². The Morgan fingerprint density at radius 3 is 2.59 bits per heavy atom. The number of nitrogens with one attached hydrogen (secondary N) is 1. The molecule has 1 N–H and O–H groups in total. The molecule has 2 saturated heterocycles. The first-order valence-corrected chi connectivity index (χ1v) is 11.9. The molecule has 3 aliphatic rings. The summed E-state index contributed by atoms with van der Waals surface area (Å²) < 4.78 is 10.7. The van der Waals surface area contributed by atoms with Crippen molar-refractivity contribution >= 4 is 35.0 Å². The number of benzene rings is 2. The van der Waals surface area contributed by atoms with Crippen LogP contribution in [-0.2, 0) is 20.9 Å². The summed E-state index contributed by atoms with van der Waals surface area (Å²) in [4.78, 5) is 41.8. The van der Waals surface area contributed by atoms with Crippen LogP contribution in [0, 0.1) is 11.8 Å². The molecule has 0 bridgehead atoms. The van der Waals surface area contributed by atoms with E-state index in [0.29, 0.717) is 61.2 Å². The second-order valence-electron chi connectivity index (χ2n) is 8.92. The quantitative estimate of drug-likeness (QED) is 0.705. The van der Waals surface area contributed by atoms with Crippen molar-refractivity contribution in [3.8, 4) is 11.5 Å². The molecule has 8 nitrogen and oxygen atoms in total. The lowest BCUT2D eigenvalue weighted by molar-refractivity contribution is -0.138. The Balaban J connectivity index is 1.12. The van der Waals surface area contributed by atoms with Crippen LogP contribution in [0.3, 0.4) is 0 Å². The molecule has 9 heteroatoms. The molecular formula is C25H26ClN3O5. The van der Waals surface area contributed by atoms with Crippen LogP contribution in [0.2, 0.25) is 5.02 Å². The number of halogens is 1. The molecule has 0 unspecified atom stereocenters. The SMILES string of the molecule is O=C(Nc1ccc2c(c1)OCO2)C1CCN(C(=O)[C@H]2CC(=O)N(Cc3ccccc3Cl)C2)CC1. The van der Waals surface area contributed by atoms with Gasteiger partial charge in [0.05, 0.1) is 5.92 Å². The van der Waals surface area contributed by atoms with E-state index in [2.05, 4.69) is 5.32 Å². The smallest absolute Gasteiger partial charge is 0.231 e. The highest BCUT2D eigenvalue weighted by Gasteiger charge is 2.38. The highest BCUT2D eigenvalue weighted by molar-refractivity contribution is 6.31. The fourth-order valence-electron chi connectivity index (χ4n) is 4.76. The fraction of sp³-hybridized carbons (Fsp3) is 0.400. The highest BCUT2D eigenvalue weighted by Crippen LogP contribution is 2.34. The van der Waals surface area contributed by atoms with Crippen LogP contribution in [0.1, 0.15) is 24.8 Å². The van der Waals surface area contributed by atoms with Gasteiger partial charge in [-0.2, -0.15) is 0 Å². The van der Waals surface area contributed by atoms with E-state index < -0.39 is 0 Å². The van der Waals surface area contributed by atoms with Gasteiger partial charge in [0.25, 0.3) is 0 Å². The zero-order chi connectivity index (χ0) is 23.7. The van der Waals surface area contributed by atoms with Crippen LogP contribution in [0.5, 0.6) is 11.5 Å². The lowest BCUT2D eigenvalue weighted by Gasteiger charge is -2.33. The lowest BCUT2D eigenvalue weighted by atomic mass is 9.94. The first-order chi connectivity index (χ1) is 16.5. The summed E-state index contributed by atoms with van der Waals surface area (Å²) in [6, 6.07) is 12.7. The van der Waals surface area contributed by atoms with Gasteiger partial charge in [-0.3, -0.25) is 14.4 Å². The monoisotopic (exact) mass is 483 g/mol. The summed E-state index contributed by atoms with van der Waals surface area (Å²) in [6.07, 6.45) is 1.39. The molecule has 0 saturated carbocycles. The van der Waals surface area contributed by atoms with Crippen molar-refractivity contribution in [2.75, 3.05) is 31.7 Å². The molecular weight excluding hydrogens is 458 g/mol. The first kappa shape index (κ1) is 22.5. The Morgan fingerprint density at radius 2 is 1.79 bits per heavy atom. The summed E-state index contributed by atoms with van der Waals surface area (Å²) in [5, 5.41) is 3.56. The molecule has 2 aromatic carbocycles. The predicted octanol–water partition coefficient (Wildman–Crippen LogP) is 3.29. The molecule has 0 aromatic heterocycles. The van der Waals surface area contributed by atoms with E-state index >= 15 is 0 Å². The van der Waals surface area contributed by atoms with Crippen molar-refractivity contribution in [2.24, 2.45) is 11.8 Å². The second-order valence-corrected chi connectivity index (χ2v) is 9.33. The van der Waals surface area contributed by atoms with Crippen LogP contribution in [0.25, 0.3) is 0 Å². The number of nitrogens with zero attached hydrogens (tertiary/aromatic N) is 2. The van der Waals surface area contributed by atoms with E-state index in [9.17, 15) is 14.4 Å². The Hall–Kier alpha value is -3.26. The molecule has 3 aliphatic heterocycles. The maximum absolute atomic E-state index is 13.1. The van der Waals surface area contributed by atoms with Crippen LogP contribution in [0.15, 0.2) is 42.5 Å². The second kappa shape index (κ2) is 9.54. The summed E-state index contributed by atoms with van der Waals surface area (Å²) in [5.74, 6) is 0.660. The number of anilines is 1. The minimum Gasteiger partial charge on any atom is -0.454 e. The normalized spacial score (nSPS) is 20.0. The van der Waals surface area contributed by atoms with Crippen molar-refractivity contribution in [3.05, 3.63) is 53.1 Å². The molecule has 2 aromatic rings. The Kier molecular flexibility index (Phi) is 6.32. The molecule has 0 radical (unpaired) electrons. The number of rotatable bonds is 5. The minimum atomic E-state index is -0.353. The van der Waals surface area contributed by atoms with Gasteiger partial charge in [0.15, 0.2) is 11.5 Å². The first-order valence-electron chi connectivity index (χ1n) is 11.5. The molecule has 0 aliphatic carbocycles. The average Bonchev–Trinajstić information content (AvgIpc) is 3.46. The lowest BCUT2D eigenvalue weighted by Crippen LogP contribution is -2.44. The number of amides is 3. The highest BCUT2D eigenvalue weighted by atomic mass is 35.5. The third kappa shape index (κ3) is 4.68. The number of piperidine rings is 1. The molecule has 2 fully saturated rings. The van der Waals surface area contributed by atoms with Crippen LogP contribution in [-0.4, -0.2) is 53.9 Å². The summed E-state index contributed by atoms with van der Waals surface area (Å²) in [5.41, 5.74) is 1.54. The minimum absolute atomic E-state index is 0.00959. The molecule has 5 rings (SSSR count). The zero-order valence-electron chi connectivity index (χ0n) is 18.7. The molecule has 1 atom stereocenters. The summed E-state index contributed by atoms with van der Waals surface area (Å²) in [7, 11) is 0. The third-order valence-corrected chi connectivity index (χ3v) is 7.07. The van der Waals surface area contributed by atoms with E-state index in [1.54, 1.807) is 34.1 Å². The van der Waals surface area contributed by atoms with Gasteiger partial charge in [-0.15, -0.1) is 0 Å². The Morgan fingerprint density at radius 1 is 1.03 bits per heavy atom. The van der Waals surface area contributed by atoms with Gasteiger partial charge in [-0.25, -0.2) is 0 Å². The number of likely N-dealkylation sites (tertiary alicyclic amines) is 2. The number of fused-ring (bicyclic) bond motifs is 1. The predicted molar refractivity (Wildman–Crippen MR) is 125 cm³/mol. The van der Waals surface area contributed by atoms with E-state index in [4.69, 9.17) is 21.1 Å². The maximum Gasteiger partial charge on any atom is 0.231 e. The average molecular weight is 484 g/mol. The number of hydrogen-bond acceptors (Lipinski definition) is 5. The fourth-order valence-corrected chi connectivity index (χ4v) is 4.96. The molecule has 0 spiro atoms. The van der Waals surface area contributed by atoms with Crippen LogP contribution in [0.4, 0.5) is 5.69 Å². The van der Waals surface area contributed by atoms with Gasteiger partial charge in [-0.05, 0) is 36.6 Å². The van der Waals surface area contributed by atoms with Crippen molar-refractivity contribution in [3.63, 3.8) is 0 Å². The number of carbonyl (C=O) groups is 3. The number of ether oxygens (including phenoxy) is 2. The van der Waals surface area contributed by atoms with E-state index in [1.165, 1.54) is 0 Å². The third-order valence-electron chi connectivity index (χ3n) is 6.70. The van der Waals surface area contributed by atoms with Crippen molar-refractivity contribution in [1.82, 2.24) is 9.80 Å². The summed E-state index contributed by atoms with van der Waals surface area (Å²) in [6.45, 7) is 2.00. The van der Waals surface area contributed by atoms with Gasteiger partial charge >= 0.3 is 0 Å². The van der Waals surface area contributed by atoms with Crippen molar-refractivity contribution in [1.29, 1.82) is 0 Å². The molecule has 3 amide bonds. The Labute approximate surface area is 202 Å². The topological polar surface area (TPSA) is 88.2 Å². The molecule has 178 valence electrons. The van der Waals surface area contributed by atoms with E-state index in [-0.39, 0.29) is 42.8 Å². The van der Waals surface area contributed by atoms with E-state index in [0.717, 1.165) is 5.56 Å². The largest absolute Gasteiger partial charge is 0.454 e. The van der Waals surface area contributed by atoms with Gasteiger partial charge < -0.3 is 24.6 Å². The van der Waals surface area contributed by atoms with Gasteiger partial charge in [0.1, 0.15) is 0 Å². The van der Waals surface area contributed by atoms with E-state index in [1.807, 2.05) is 18.2 Å². The van der Waals surface area contributed by atoms with Crippen molar-refractivity contribution in [2.45, 2.75) is 25.8 Å². The van der Waals surface area contributed by atoms with Gasteiger partial charge in [0.2, 0.25) is 24.5 Å². The number of hydrogen-bond donors (Lipinski definition) is 1. The maximum atomic E-state index is 13.1. The zero-order valence-corrected chi connectivity index (χ0v) is 19.4. The molecule has 34 heavy (non-hydrogen) atoms. The standard InChI is InChI=1S/C25H26ClN3O5/c26-20-4-2-1-3-17(20)13-29-14-18(11-23(29)30)25(32)28-9-7-16(8-10-28)24(31)27-19-5-6-21-22(12-19)34-15-33-21/h1-6,12,16,18H,7-11,13-15H2,(H,27,31)/t18-/m0/s1. The van der Waals surface area contributed by atoms with Crippen LogP contribution >= 0.6 is 11.6 Å².